The lowest BCUT2D eigenvalue weighted by Crippen LogP contribution is -2.31. The molecule has 0 bridgehead atoms. The number of nitrogens with zero attached hydrogens (tertiary/aromatic N) is 1. The largest absolute Gasteiger partial charge is 0.342 e. The van der Waals surface area contributed by atoms with Gasteiger partial charge in [-0.1, -0.05) is 18.2 Å². The molecule has 0 saturated carbocycles. The van der Waals surface area contributed by atoms with Crippen LogP contribution in [0.2, 0.25) is 0 Å². The van der Waals surface area contributed by atoms with Crippen LogP contribution >= 0.6 is 24.2 Å². The fraction of sp³-hybridized carbons (Fsp3) is 0.500. The first-order chi connectivity index (χ1) is 8.70. The predicted molar refractivity (Wildman–Crippen MR) is 82.9 cm³/mol. The van der Waals surface area contributed by atoms with E-state index in [-0.39, 0.29) is 18.3 Å². The normalized spacial score (nSPS) is 18.2. The van der Waals surface area contributed by atoms with Crippen LogP contribution in [0.3, 0.4) is 0 Å². The van der Waals surface area contributed by atoms with Crippen molar-refractivity contribution in [1.82, 2.24) is 4.90 Å². The zero-order valence-electron chi connectivity index (χ0n) is 11.2. The van der Waals surface area contributed by atoms with Crippen LogP contribution < -0.4 is 5.73 Å². The summed E-state index contributed by atoms with van der Waals surface area (Å²) in [7, 11) is 0. The van der Waals surface area contributed by atoms with Crippen LogP contribution in [-0.4, -0.2) is 36.2 Å². The van der Waals surface area contributed by atoms with Gasteiger partial charge in [-0.3, -0.25) is 4.79 Å². The summed E-state index contributed by atoms with van der Waals surface area (Å²) in [5, 5.41) is 0. The number of thioether (sulfide) groups is 1. The van der Waals surface area contributed by atoms with Gasteiger partial charge >= 0.3 is 0 Å². The fourth-order valence-corrected chi connectivity index (χ4v) is 3.13. The summed E-state index contributed by atoms with van der Waals surface area (Å²) in [5.74, 6) is 1.26. The monoisotopic (exact) mass is 300 g/mol. The van der Waals surface area contributed by atoms with Gasteiger partial charge in [-0.15, -0.1) is 24.2 Å². The van der Waals surface area contributed by atoms with Crippen molar-refractivity contribution < 1.29 is 4.79 Å². The molecule has 2 rings (SSSR count). The molecule has 0 aliphatic carbocycles. The SMILES string of the molecule is Cc1ccccc1SCC(=O)N1CCC(CN)C1.Cl. The van der Waals surface area contributed by atoms with E-state index in [0.29, 0.717) is 18.2 Å². The summed E-state index contributed by atoms with van der Waals surface area (Å²) in [4.78, 5) is 15.2. The van der Waals surface area contributed by atoms with E-state index in [1.807, 2.05) is 17.0 Å². The molecule has 0 spiro atoms. The molecule has 5 heteroatoms. The van der Waals surface area contributed by atoms with E-state index in [2.05, 4.69) is 19.1 Å². The zero-order valence-corrected chi connectivity index (χ0v) is 12.8. The summed E-state index contributed by atoms with van der Waals surface area (Å²) in [6, 6.07) is 8.18. The maximum Gasteiger partial charge on any atom is 0.232 e. The van der Waals surface area contributed by atoms with Gasteiger partial charge in [0.2, 0.25) is 5.91 Å². The molecule has 1 aromatic carbocycles. The van der Waals surface area contributed by atoms with Crippen LogP contribution in [0.15, 0.2) is 29.2 Å². The molecule has 1 heterocycles. The number of rotatable bonds is 4. The molecule has 106 valence electrons. The molecule has 1 aromatic rings. The molecule has 3 nitrogen and oxygen atoms in total. The molecule has 2 N–H and O–H groups in total. The third kappa shape index (κ3) is 4.41. The van der Waals surface area contributed by atoms with Crippen LogP contribution in [0.1, 0.15) is 12.0 Å². The van der Waals surface area contributed by atoms with E-state index >= 15 is 0 Å². The average Bonchev–Trinajstić information content (AvgIpc) is 2.86. The van der Waals surface area contributed by atoms with E-state index in [9.17, 15) is 4.79 Å². The molecule has 0 radical (unpaired) electrons. The van der Waals surface area contributed by atoms with Gasteiger partial charge in [-0.2, -0.15) is 0 Å². The highest BCUT2D eigenvalue weighted by atomic mass is 35.5. The number of benzene rings is 1. The summed E-state index contributed by atoms with van der Waals surface area (Å²) < 4.78 is 0. The van der Waals surface area contributed by atoms with Gasteiger partial charge in [0, 0.05) is 18.0 Å². The minimum Gasteiger partial charge on any atom is -0.342 e. The van der Waals surface area contributed by atoms with Crippen molar-refractivity contribution in [3.8, 4) is 0 Å². The molecule has 1 fully saturated rings. The number of likely N-dealkylation sites (tertiary alicyclic amines) is 1. The Morgan fingerprint density at radius 3 is 2.84 bits per heavy atom. The number of hydrogen-bond acceptors (Lipinski definition) is 3. The number of carbonyl (C=O) groups is 1. The summed E-state index contributed by atoms with van der Waals surface area (Å²) in [6.45, 7) is 4.47. The average molecular weight is 301 g/mol. The molecule has 1 unspecified atom stereocenters. The van der Waals surface area contributed by atoms with Gasteiger partial charge in [0.1, 0.15) is 0 Å². The predicted octanol–water partition coefficient (Wildman–Crippen LogP) is 2.32. The molecule has 0 aromatic heterocycles. The fourth-order valence-electron chi connectivity index (χ4n) is 2.20. The smallest absolute Gasteiger partial charge is 0.232 e. The summed E-state index contributed by atoms with van der Waals surface area (Å²) >= 11 is 1.63. The molecule has 1 amide bonds. The summed E-state index contributed by atoms with van der Waals surface area (Å²) in [5.41, 5.74) is 6.87. The standard InChI is InChI=1S/C14H20N2OS.ClH/c1-11-4-2-3-5-13(11)18-10-14(17)16-7-6-12(8-15)9-16;/h2-5,12H,6-10,15H2,1H3;1H. The van der Waals surface area contributed by atoms with Crippen molar-refractivity contribution >= 4 is 30.1 Å². The lowest BCUT2D eigenvalue weighted by Gasteiger charge is -2.16. The quantitative estimate of drug-likeness (QED) is 0.868. The second-order valence-electron chi connectivity index (χ2n) is 4.78. The van der Waals surface area contributed by atoms with Crippen molar-refractivity contribution in [2.24, 2.45) is 11.7 Å². The van der Waals surface area contributed by atoms with E-state index in [1.165, 1.54) is 10.5 Å². The van der Waals surface area contributed by atoms with Crippen LogP contribution in [0.25, 0.3) is 0 Å². The second kappa shape index (κ2) is 7.78. The van der Waals surface area contributed by atoms with Crippen LogP contribution in [-0.2, 0) is 4.79 Å². The Bertz CT molecular complexity index is 428. The first kappa shape index (κ1) is 16.3. The van der Waals surface area contributed by atoms with Crippen molar-refractivity contribution in [3.63, 3.8) is 0 Å². The van der Waals surface area contributed by atoms with Gasteiger partial charge in [-0.25, -0.2) is 0 Å². The van der Waals surface area contributed by atoms with Gasteiger partial charge < -0.3 is 10.6 Å². The Morgan fingerprint density at radius 2 is 2.21 bits per heavy atom. The number of nitrogens with two attached hydrogens (primary N) is 1. The Labute approximate surface area is 125 Å². The number of halogens is 1. The van der Waals surface area contributed by atoms with Crippen LogP contribution in [0.4, 0.5) is 0 Å². The Hall–Kier alpha value is -0.710. The lowest BCUT2D eigenvalue weighted by atomic mass is 10.1. The zero-order chi connectivity index (χ0) is 13.0. The van der Waals surface area contributed by atoms with Crippen molar-refractivity contribution in [3.05, 3.63) is 29.8 Å². The lowest BCUT2D eigenvalue weighted by molar-refractivity contribution is -0.127. The van der Waals surface area contributed by atoms with E-state index in [1.54, 1.807) is 11.8 Å². The van der Waals surface area contributed by atoms with Crippen molar-refractivity contribution in [2.45, 2.75) is 18.2 Å². The first-order valence-electron chi connectivity index (χ1n) is 6.37. The second-order valence-corrected chi connectivity index (χ2v) is 5.80. The minimum atomic E-state index is 0. The Kier molecular flexibility index (Phi) is 6.69. The topological polar surface area (TPSA) is 46.3 Å². The third-order valence-corrected chi connectivity index (χ3v) is 4.58. The number of amides is 1. The van der Waals surface area contributed by atoms with Gasteiger partial charge in [0.15, 0.2) is 0 Å². The molecule has 1 aliphatic rings. The van der Waals surface area contributed by atoms with Gasteiger partial charge in [0.05, 0.1) is 5.75 Å². The van der Waals surface area contributed by atoms with Crippen molar-refractivity contribution in [2.75, 3.05) is 25.4 Å². The number of carbonyl (C=O) groups excluding carboxylic acids is 1. The van der Waals surface area contributed by atoms with Gasteiger partial charge in [-0.05, 0) is 37.4 Å². The summed E-state index contributed by atoms with van der Waals surface area (Å²) in [6.07, 6.45) is 1.05. The molecule has 1 atom stereocenters. The molecular weight excluding hydrogens is 280 g/mol. The molecule has 1 saturated heterocycles. The molecular formula is C14H21ClN2OS. The highest BCUT2D eigenvalue weighted by molar-refractivity contribution is 8.00. The van der Waals surface area contributed by atoms with Crippen molar-refractivity contribution in [1.29, 1.82) is 0 Å². The van der Waals surface area contributed by atoms with Gasteiger partial charge in [0.25, 0.3) is 0 Å². The number of aryl methyl sites for hydroxylation is 1. The van der Waals surface area contributed by atoms with E-state index in [0.717, 1.165) is 19.5 Å². The minimum absolute atomic E-state index is 0. The first-order valence-corrected chi connectivity index (χ1v) is 7.35. The Morgan fingerprint density at radius 1 is 1.47 bits per heavy atom. The van der Waals surface area contributed by atoms with Crippen LogP contribution in [0.5, 0.6) is 0 Å². The Balaban J connectivity index is 0.00000180. The maximum atomic E-state index is 12.1. The molecule has 1 aliphatic heterocycles. The third-order valence-electron chi connectivity index (χ3n) is 3.42. The highest BCUT2D eigenvalue weighted by Gasteiger charge is 2.24. The van der Waals surface area contributed by atoms with E-state index < -0.39 is 0 Å². The number of hydrogen-bond donors (Lipinski definition) is 1. The molecule has 19 heavy (non-hydrogen) atoms. The van der Waals surface area contributed by atoms with Crippen LogP contribution in [0, 0.1) is 12.8 Å². The highest BCUT2D eigenvalue weighted by Crippen LogP contribution is 2.23. The maximum absolute atomic E-state index is 12.1. The van der Waals surface area contributed by atoms with E-state index in [4.69, 9.17) is 5.73 Å².